The van der Waals surface area contributed by atoms with Crippen LogP contribution in [0.2, 0.25) is 5.02 Å². The molecule has 1 amide bonds. The number of carbonyl (C=O) groups is 1. The molecule has 0 aliphatic carbocycles. The molecule has 0 radical (unpaired) electrons. The standard InChI is InChI=1S/C26H29ClN4O6S/c1-15(2)25-28-29-26-21(13-22(32)30-10-11-38(33,34)14-30)37-23(17-6-5-7-20(35-3)24(17)36-4)18-12-16(27)8-9-19(18)31(25)26/h5-9,12,15,21,23H,10-11,13-14H2,1-4H3. The van der Waals surface area contributed by atoms with Gasteiger partial charge in [-0.1, -0.05) is 37.6 Å². The highest BCUT2D eigenvalue weighted by Crippen LogP contribution is 2.46. The van der Waals surface area contributed by atoms with Crippen molar-refractivity contribution < 1.29 is 27.4 Å². The van der Waals surface area contributed by atoms with E-state index in [9.17, 15) is 13.2 Å². The normalized spacial score (nSPS) is 20.1. The van der Waals surface area contributed by atoms with Crippen LogP contribution in [-0.4, -0.2) is 66.4 Å². The Morgan fingerprint density at radius 2 is 1.95 bits per heavy atom. The van der Waals surface area contributed by atoms with Gasteiger partial charge in [-0.15, -0.1) is 10.2 Å². The summed E-state index contributed by atoms with van der Waals surface area (Å²) in [6, 6.07) is 11.0. The van der Waals surface area contributed by atoms with E-state index >= 15 is 0 Å². The van der Waals surface area contributed by atoms with E-state index in [0.717, 1.165) is 11.3 Å². The van der Waals surface area contributed by atoms with Gasteiger partial charge in [0, 0.05) is 28.6 Å². The summed E-state index contributed by atoms with van der Waals surface area (Å²) in [5.41, 5.74) is 2.19. The third kappa shape index (κ3) is 4.74. The number of methoxy groups -OCH3 is 2. The summed E-state index contributed by atoms with van der Waals surface area (Å²) < 4.78 is 44.0. The van der Waals surface area contributed by atoms with Crippen LogP contribution >= 0.6 is 11.6 Å². The van der Waals surface area contributed by atoms with E-state index in [1.54, 1.807) is 26.4 Å². The van der Waals surface area contributed by atoms with E-state index in [1.165, 1.54) is 4.90 Å². The number of benzene rings is 2. The number of hydrogen-bond donors (Lipinski definition) is 0. The number of aromatic nitrogens is 3. The number of nitrogens with zero attached hydrogens (tertiary/aromatic N) is 4. The Balaban J connectivity index is 1.68. The molecule has 0 bridgehead atoms. The molecule has 5 rings (SSSR count). The molecule has 202 valence electrons. The van der Waals surface area contributed by atoms with E-state index in [2.05, 4.69) is 10.2 Å². The number of sulfone groups is 1. The van der Waals surface area contributed by atoms with Crippen molar-refractivity contribution in [3.63, 3.8) is 0 Å². The van der Waals surface area contributed by atoms with Crippen LogP contribution in [0, 0.1) is 0 Å². The van der Waals surface area contributed by atoms with Crippen LogP contribution in [0.3, 0.4) is 0 Å². The smallest absolute Gasteiger partial charge is 0.226 e. The molecule has 2 aromatic carbocycles. The van der Waals surface area contributed by atoms with Crippen LogP contribution in [0.4, 0.5) is 0 Å². The van der Waals surface area contributed by atoms with E-state index < -0.39 is 22.0 Å². The van der Waals surface area contributed by atoms with Gasteiger partial charge in [-0.2, -0.15) is 0 Å². The SMILES string of the molecule is COc1cccc(C2OC(CC(=O)N3CCS(=O)(=O)C3)c3nnc(C(C)C)n3-c3ccc(Cl)cc32)c1OC. The minimum absolute atomic E-state index is 0.0164. The van der Waals surface area contributed by atoms with Crippen molar-refractivity contribution in [1.82, 2.24) is 19.7 Å². The van der Waals surface area contributed by atoms with Crippen LogP contribution in [0.25, 0.3) is 5.69 Å². The van der Waals surface area contributed by atoms with Gasteiger partial charge in [-0.05, 0) is 24.3 Å². The first-order valence-corrected chi connectivity index (χ1v) is 14.4. The summed E-state index contributed by atoms with van der Waals surface area (Å²) in [6.07, 6.45) is -1.66. The topological polar surface area (TPSA) is 113 Å². The molecule has 2 aliphatic heterocycles. The van der Waals surface area contributed by atoms with Crippen LogP contribution < -0.4 is 9.47 Å². The fraction of sp³-hybridized carbons (Fsp3) is 0.423. The van der Waals surface area contributed by atoms with Crippen molar-refractivity contribution in [2.45, 2.75) is 38.4 Å². The Hall–Kier alpha value is -3.15. The van der Waals surface area contributed by atoms with Crippen LogP contribution in [-0.2, 0) is 19.4 Å². The monoisotopic (exact) mass is 560 g/mol. The lowest BCUT2D eigenvalue weighted by atomic mass is 9.98. The maximum Gasteiger partial charge on any atom is 0.226 e. The molecule has 1 fully saturated rings. The molecule has 1 saturated heterocycles. The highest BCUT2D eigenvalue weighted by molar-refractivity contribution is 7.91. The first kappa shape index (κ1) is 26.5. The maximum atomic E-state index is 13.3. The molecular formula is C26H29ClN4O6S. The number of para-hydroxylation sites is 1. The Bertz CT molecular complexity index is 1490. The van der Waals surface area contributed by atoms with Crippen molar-refractivity contribution in [1.29, 1.82) is 0 Å². The lowest BCUT2D eigenvalue weighted by Crippen LogP contribution is -2.31. The molecule has 2 unspecified atom stereocenters. The minimum Gasteiger partial charge on any atom is -0.493 e. The quantitative estimate of drug-likeness (QED) is 0.447. The van der Waals surface area contributed by atoms with Crippen LogP contribution in [0.1, 0.15) is 61.2 Å². The third-order valence-corrected chi connectivity index (χ3v) is 8.53. The first-order valence-electron chi connectivity index (χ1n) is 12.2. The largest absolute Gasteiger partial charge is 0.493 e. The molecule has 0 saturated carbocycles. The predicted molar refractivity (Wildman–Crippen MR) is 141 cm³/mol. The fourth-order valence-electron chi connectivity index (χ4n) is 4.97. The van der Waals surface area contributed by atoms with Crippen molar-refractivity contribution in [2.75, 3.05) is 32.4 Å². The molecular weight excluding hydrogens is 532 g/mol. The summed E-state index contributed by atoms with van der Waals surface area (Å²) in [5, 5.41) is 9.41. The molecule has 38 heavy (non-hydrogen) atoms. The molecule has 10 nitrogen and oxygen atoms in total. The van der Waals surface area contributed by atoms with Gasteiger partial charge >= 0.3 is 0 Å². The number of halogens is 1. The van der Waals surface area contributed by atoms with Gasteiger partial charge in [-0.25, -0.2) is 8.42 Å². The lowest BCUT2D eigenvalue weighted by Gasteiger charge is -2.25. The molecule has 1 aromatic heterocycles. The molecule has 2 aliphatic rings. The third-order valence-electron chi connectivity index (χ3n) is 6.78. The fourth-order valence-corrected chi connectivity index (χ4v) is 6.53. The Kier molecular flexibility index (Phi) is 7.10. The summed E-state index contributed by atoms with van der Waals surface area (Å²) >= 11 is 6.48. The van der Waals surface area contributed by atoms with E-state index in [-0.39, 0.29) is 36.4 Å². The van der Waals surface area contributed by atoms with Gasteiger partial charge in [0.2, 0.25) is 5.91 Å². The summed E-state index contributed by atoms with van der Waals surface area (Å²) in [7, 11) is -0.178. The van der Waals surface area contributed by atoms with Crippen molar-refractivity contribution >= 4 is 27.3 Å². The second-order valence-corrected chi connectivity index (χ2v) is 12.2. The van der Waals surface area contributed by atoms with Gasteiger partial charge in [0.1, 0.15) is 23.9 Å². The highest BCUT2D eigenvalue weighted by atomic mass is 35.5. The highest BCUT2D eigenvalue weighted by Gasteiger charge is 2.39. The van der Waals surface area contributed by atoms with Crippen molar-refractivity contribution in [3.05, 3.63) is 64.2 Å². The zero-order valence-corrected chi connectivity index (χ0v) is 23.1. The van der Waals surface area contributed by atoms with E-state index in [1.807, 2.05) is 42.7 Å². The number of hydrogen-bond acceptors (Lipinski definition) is 8. The van der Waals surface area contributed by atoms with Gasteiger partial charge in [-0.3, -0.25) is 9.36 Å². The number of ether oxygens (including phenoxy) is 3. The second kappa shape index (κ2) is 10.2. The summed E-state index contributed by atoms with van der Waals surface area (Å²) in [6.45, 7) is 4.17. The Labute approximate surface area is 226 Å². The van der Waals surface area contributed by atoms with Crippen LogP contribution in [0.15, 0.2) is 36.4 Å². The van der Waals surface area contributed by atoms with Gasteiger partial charge < -0.3 is 19.1 Å². The van der Waals surface area contributed by atoms with Crippen molar-refractivity contribution in [2.24, 2.45) is 0 Å². The van der Waals surface area contributed by atoms with Gasteiger partial charge in [0.25, 0.3) is 0 Å². The first-order chi connectivity index (χ1) is 18.1. The Morgan fingerprint density at radius 1 is 1.16 bits per heavy atom. The molecule has 0 N–H and O–H groups in total. The number of amides is 1. The number of carbonyl (C=O) groups excluding carboxylic acids is 1. The number of rotatable bonds is 6. The van der Waals surface area contributed by atoms with Gasteiger partial charge in [0.05, 0.1) is 32.1 Å². The summed E-state index contributed by atoms with van der Waals surface area (Å²) in [4.78, 5) is 14.7. The minimum atomic E-state index is -3.29. The zero-order valence-electron chi connectivity index (χ0n) is 21.5. The molecule has 3 heterocycles. The van der Waals surface area contributed by atoms with E-state index in [4.69, 9.17) is 25.8 Å². The molecule has 12 heteroatoms. The van der Waals surface area contributed by atoms with E-state index in [0.29, 0.717) is 33.7 Å². The molecule has 2 atom stereocenters. The maximum absolute atomic E-state index is 13.3. The summed E-state index contributed by atoms with van der Waals surface area (Å²) in [5.74, 6) is 1.50. The van der Waals surface area contributed by atoms with Crippen molar-refractivity contribution in [3.8, 4) is 17.2 Å². The molecule has 0 spiro atoms. The van der Waals surface area contributed by atoms with Crippen LogP contribution in [0.5, 0.6) is 11.5 Å². The second-order valence-electron chi connectivity index (χ2n) is 9.64. The number of fused-ring (bicyclic) bond motifs is 3. The lowest BCUT2D eigenvalue weighted by molar-refractivity contribution is -0.134. The average molecular weight is 561 g/mol. The Morgan fingerprint density at radius 3 is 2.61 bits per heavy atom. The average Bonchev–Trinajstić information content (AvgIpc) is 3.46. The zero-order chi connectivity index (χ0) is 27.2. The molecule has 3 aromatic rings. The predicted octanol–water partition coefficient (Wildman–Crippen LogP) is 3.83. The van der Waals surface area contributed by atoms with Gasteiger partial charge in [0.15, 0.2) is 27.2 Å².